The summed E-state index contributed by atoms with van der Waals surface area (Å²) < 4.78 is 13.2. The third-order valence-corrected chi connectivity index (χ3v) is 8.28. The molecule has 1 aromatic heterocycles. The average molecular weight is 407 g/mol. The van der Waals surface area contributed by atoms with Gasteiger partial charge in [0.05, 0.1) is 6.61 Å². The maximum absolute atomic E-state index is 12.4. The molecule has 1 spiro atoms. The molecule has 0 atom stereocenters. The fraction of sp³-hybridized carbons (Fsp3) is 0.818. The number of aromatic nitrogens is 2. The summed E-state index contributed by atoms with van der Waals surface area (Å²) in [5.74, 6) is 0.183. The van der Waals surface area contributed by atoms with Crippen LogP contribution >= 0.6 is 0 Å². The third-order valence-electron chi connectivity index (χ3n) is 6.58. The summed E-state index contributed by atoms with van der Waals surface area (Å²) in [4.78, 5) is 12.4. The lowest BCUT2D eigenvalue weighted by molar-refractivity contribution is 0.0373. The van der Waals surface area contributed by atoms with Crippen molar-refractivity contribution < 1.29 is 14.3 Å². The topological polar surface area (TPSA) is 53.3 Å². The van der Waals surface area contributed by atoms with E-state index >= 15 is 0 Å². The van der Waals surface area contributed by atoms with E-state index in [2.05, 4.69) is 24.7 Å². The second-order valence-electron chi connectivity index (χ2n) is 10.1. The normalized spacial score (nSPS) is 19.6. The van der Waals surface area contributed by atoms with Crippen molar-refractivity contribution in [1.29, 1.82) is 0 Å². The summed E-state index contributed by atoms with van der Waals surface area (Å²) in [7, 11) is -1.12. The Morgan fingerprint density at radius 2 is 1.89 bits per heavy atom. The van der Waals surface area contributed by atoms with Crippen LogP contribution in [0.4, 0.5) is 0 Å². The lowest BCUT2D eigenvalue weighted by Crippen LogP contribution is -2.38. The molecular weight excluding hydrogens is 368 g/mol. The molecule has 0 saturated heterocycles. The van der Waals surface area contributed by atoms with Crippen molar-refractivity contribution in [3.63, 3.8) is 0 Å². The van der Waals surface area contributed by atoms with E-state index in [1.807, 2.05) is 18.5 Å². The minimum absolute atomic E-state index is 0.311. The molecule has 2 saturated carbocycles. The molecule has 2 aliphatic carbocycles. The maximum atomic E-state index is 12.4. The van der Waals surface area contributed by atoms with Gasteiger partial charge in [0.15, 0.2) is 5.69 Å². The molecule has 0 aliphatic heterocycles. The van der Waals surface area contributed by atoms with Gasteiger partial charge in [-0.25, -0.2) is 9.48 Å². The minimum atomic E-state index is -1.12. The highest BCUT2D eigenvalue weighted by molar-refractivity contribution is 6.76. The molecule has 158 valence electrons. The molecule has 0 bridgehead atoms. The second kappa shape index (κ2) is 8.70. The quantitative estimate of drug-likeness (QED) is 0.324. The molecule has 0 unspecified atom stereocenters. The summed E-state index contributed by atoms with van der Waals surface area (Å²) in [6, 6.07) is 1.14. The molecule has 28 heavy (non-hydrogen) atoms. The Balaban J connectivity index is 1.73. The average Bonchev–Trinajstić information content (AvgIpc) is 2.93. The molecule has 1 aromatic rings. The molecule has 6 heteroatoms. The minimum Gasteiger partial charge on any atom is -0.461 e. The van der Waals surface area contributed by atoms with E-state index in [0.29, 0.717) is 30.4 Å². The van der Waals surface area contributed by atoms with Crippen molar-refractivity contribution in [2.75, 3.05) is 13.2 Å². The van der Waals surface area contributed by atoms with Crippen molar-refractivity contribution in [1.82, 2.24) is 9.78 Å². The molecule has 0 amide bonds. The number of hydrogen-bond donors (Lipinski definition) is 0. The first kappa shape index (κ1) is 21.6. The summed E-state index contributed by atoms with van der Waals surface area (Å²) in [6.07, 6.45) is 9.34. The Morgan fingerprint density at radius 3 is 2.50 bits per heavy atom. The van der Waals surface area contributed by atoms with Crippen LogP contribution in [0.3, 0.4) is 0 Å². The van der Waals surface area contributed by atoms with Crippen molar-refractivity contribution in [2.24, 2.45) is 5.41 Å². The van der Waals surface area contributed by atoms with Gasteiger partial charge in [-0.15, -0.1) is 0 Å². The van der Waals surface area contributed by atoms with Crippen LogP contribution < -0.4 is 0 Å². The van der Waals surface area contributed by atoms with Gasteiger partial charge in [-0.2, -0.15) is 5.10 Å². The monoisotopic (exact) mass is 406 g/mol. The molecular formula is C22H38N2O3Si. The van der Waals surface area contributed by atoms with Gasteiger partial charge >= 0.3 is 5.97 Å². The first-order chi connectivity index (χ1) is 13.2. The lowest BCUT2D eigenvalue weighted by Gasteiger charge is -2.50. The summed E-state index contributed by atoms with van der Waals surface area (Å²) in [6.45, 7) is 12.5. The first-order valence-corrected chi connectivity index (χ1v) is 14.8. The summed E-state index contributed by atoms with van der Waals surface area (Å²) in [5, 5.41) is 4.63. The van der Waals surface area contributed by atoms with Gasteiger partial charge in [-0.1, -0.05) is 38.9 Å². The van der Waals surface area contributed by atoms with Crippen LogP contribution in [0, 0.1) is 12.3 Å². The van der Waals surface area contributed by atoms with E-state index in [0.717, 1.165) is 18.2 Å². The van der Waals surface area contributed by atoms with Gasteiger partial charge in [-0.3, -0.25) is 0 Å². The Labute approximate surface area is 171 Å². The van der Waals surface area contributed by atoms with E-state index in [9.17, 15) is 4.79 Å². The van der Waals surface area contributed by atoms with Gasteiger partial charge in [0, 0.05) is 31.9 Å². The smallest absolute Gasteiger partial charge is 0.359 e. The molecule has 5 nitrogen and oxygen atoms in total. The highest BCUT2D eigenvalue weighted by atomic mass is 28.3. The number of esters is 1. The van der Waals surface area contributed by atoms with Crippen molar-refractivity contribution in [3.8, 4) is 0 Å². The van der Waals surface area contributed by atoms with Crippen LogP contribution in [0.1, 0.15) is 79.5 Å². The van der Waals surface area contributed by atoms with Gasteiger partial charge in [0.1, 0.15) is 6.73 Å². The SMILES string of the molecule is CCOC(=O)c1nn(COCC[Si](C)(C)C)c(C2CC3(CCCCC3)C2)c1C. The van der Waals surface area contributed by atoms with Gasteiger partial charge in [0.2, 0.25) is 0 Å². The molecule has 1 heterocycles. The zero-order chi connectivity index (χ0) is 20.4. The molecule has 0 aromatic carbocycles. The number of nitrogens with zero attached hydrogens (tertiary/aromatic N) is 2. The number of hydrogen-bond acceptors (Lipinski definition) is 4. The van der Waals surface area contributed by atoms with Crippen LogP contribution in [0.2, 0.25) is 25.7 Å². The van der Waals surface area contributed by atoms with Gasteiger partial charge in [0.25, 0.3) is 0 Å². The highest BCUT2D eigenvalue weighted by Gasteiger charge is 2.47. The number of carbonyl (C=O) groups excluding carboxylic acids is 1. The molecule has 0 N–H and O–H groups in total. The molecule has 2 aliphatic rings. The fourth-order valence-electron chi connectivity index (χ4n) is 4.99. The van der Waals surface area contributed by atoms with Gasteiger partial charge in [-0.05, 0) is 51.0 Å². The predicted molar refractivity (Wildman–Crippen MR) is 115 cm³/mol. The van der Waals surface area contributed by atoms with Gasteiger partial charge < -0.3 is 9.47 Å². The summed E-state index contributed by atoms with van der Waals surface area (Å²) in [5.41, 5.74) is 3.21. The van der Waals surface area contributed by atoms with E-state index in [-0.39, 0.29) is 5.97 Å². The largest absolute Gasteiger partial charge is 0.461 e. The van der Waals surface area contributed by atoms with Crippen LogP contribution in [-0.2, 0) is 16.2 Å². The number of ether oxygens (including phenoxy) is 2. The van der Waals surface area contributed by atoms with Crippen molar-refractivity contribution in [2.45, 2.75) is 97.1 Å². The van der Waals surface area contributed by atoms with Crippen LogP contribution in [0.5, 0.6) is 0 Å². The second-order valence-corrected chi connectivity index (χ2v) is 15.7. The standard InChI is InChI=1S/C22H38N2O3Si/c1-6-27-21(25)19-17(2)20(18-14-22(15-18)10-8-7-9-11-22)24(23-19)16-26-12-13-28(3,4)5/h18H,6-16H2,1-5H3. The fourth-order valence-corrected chi connectivity index (χ4v) is 5.75. The highest BCUT2D eigenvalue weighted by Crippen LogP contribution is 2.58. The zero-order valence-electron chi connectivity index (χ0n) is 18.5. The molecule has 3 rings (SSSR count). The van der Waals surface area contributed by atoms with Crippen molar-refractivity contribution in [3.05, 3.63) is 17.0 Å². The van der Waals surface area contributed by atoms with E-state index in [4.69, 9.17) is 9.47 Å². The zero-order valence-corrected chi connectivity index (χ0v) is 19.5. The van der Waals surface area contributed by atoms with Crippen LogP contribution in [0.15, 0.2) is 0 Å². The Bertz CT molecular complexity index is 679. The molecule has 2 fully saturated rings. The van der Waals surface area contributed by atoms with Crippen molar-refractivity contribution >= 4 is 14.0 Å². The molecule has 0 radical (unpaired) electrons. The third kappa shape index (κ3) is 4.88. The summed E-state index contributed by atoms with van der Waals surface area (Å²) >= 11 is 0. The van der Waals surface area contributed by atoms with Crippen LogP contribution in [-0.4, -0.2) is 37.0 Å². The lowest BCUT2D eigenvalue weighted by atomic mass is 9.55. The Hall–Kier alpha value is -1.14. The van der Waals surface area contributed by atoms with Crippen LogP contribution in [0.25, 0.3) is 0 Å². The number of carbonyl (C=O) groups is 1. The Morgan fingerprint density at radius 1 is 1.21 bits per heavy atom. The first-order valence-electron chi connectivity index (χ1n) is 11.1. The van der Waals surface area contributed by atoms with E-state index in [1.54, 1.807) is 0 Å². The Kier molecular flexibility index (Phi) is 6.70. The predicted octanol–water partition coefficient (Wildman–Crippen LogP) is 5.51. The van der Waals surface area contributed by atoms with E-state index < -0.39 is 8.07 Å². The number of rotatable bonds is 8. The maximum Gasteiger partial charge on any atom is 0.359 e. The van der Waals surface area contributed by atoms with E-state index in [1.165, 1.54) is 50.6 Å².